The van der Waals surface area contributed by atoms with Crippen LogP contribution in [0.3, 0.4) is 0 Å². The maximum absolute atomic E-state index is 12.4. The van der Waals surface area contributed by atoms with E-state index in [2.05, 4.69) is 13.0 Å². The first kappa shape index (κ1) is 28.3. The summed E-state index contributed by atoms with van der Waals surface area (Å²) in [6, 6.07) is 0. The molecule has 2 aliphatic carbocycles. The Bertz CT molecular complexity index is 662. The van der Waals surface area contributed by atoms with Gasteiger partial charge in [-0.3, -0.25) is 4.79 Å². The Morgan fingerprint density at radius 2 is 1.97 bits per heavy atom. The number of carboxylic acid groups (broad SMARTS) is 1. The first-order valence-electron chi connectivity index (χ1n) is 11.0. The van der Waals surface area contributed by atoms with Crippen molar-refractivity contribution in [3.05, 3.63) is 23.8 Å². The number of aliphatic hydroxyl groups is 3. The molecule has 8 atom stereocenters. The minimum Gasteiger partial charge on any atom is -0.550 e. The van der Waals surface area contributed by atoms with Crippen LogP contribution < -0.4 is 34.7 Å². The molecule has 8 heteroatoms. The third-order valence-corrected chi connectivity index (χ3v) is 6.43. The molecule has 0 saturated heterocycles. The topological polar surface area (TPSA) is 127 Å². The van der Waals surface area contributed by atoms with E-state index in [1.807, 2.05) is 26.0 Å². The first-order chi connectivity index (χ1) is 14.1. The summed E-state index contributed by atoms with van der Waals surface area (Å²) >= 11 is 0. The van der Waals surface area contributed by atoms with Crippen LogP contribution in [0, 0.1) is 23.7 Å². The summed E-state index contributed by atoms with van der Waals surface area (Å²) in [5.41, 5.74) is 0.949. The van der Waals surface area contributed by atoms with Gasteiger partial charge in [-0.1, -0.05) is 39.0 Å². The summed E-state index contributed by atoms with van der Waals surface area (Å²) in [7, 11) is 0. The fourth-order valence-corrected chi connectivity index (χ4v) is 4.51. The number of rotatable bonds is 10. The van der Waals surface area contributed by atoms with Crippen molar-refractivity contribution in [2.24, 2.45) is 23.7 Å². The van der Waals surface area contributed by atoms with Gasteiger partial charge in [0.15, 0.2) is 0 Å². The Morgan fingerprint density at radius 3 is 2.58 bits per heavy atom. The summed E-state index contributed by atoms with van der Waals surface area (Å²) in [4.78, 5) is 23.0. The van der Waals surface area contributed by atoms with Crippen LogP contribution >= 0.6 is 0 Å². The Labute approximate surface area is 206 Å². The molecule has 2 aliphatic rings. The molecule has 0 aromatic rings. The van der Waals surface area contributed by atoms with Crippen molar-refractivity contribution < 1.29 is 64.3 Å². The number of carbonyl (C=O) groups excluding carboxylic acids is 2. The van der Waals surface area contributed by atoms with Crippen molar-refractivity contribution in [1.29, 1.82) is 0 Å². The summed E-state index contributed by atoms with van der Waals surface area (Å²) < 4.78 is 5.83. The first-order valence-corrected chi connectivity index (χ1v) is 11.0. The van der Waals surface area contributed by atoms with E-state index in [1.165, 1.54) is 0 Å². The van der Waals surface area contributed by atoms with Gasteiger partial charge in [-0.2, -0.15) is 0 Å². The van der Waals surface area contributed by atoms with Gasteiger partial charge in [0.25, 0.3) is 0 Å². The fourth-order valence-electron chi connectivity index (χ4n) is 4.51. The van der Waals surface area contributed by atoms with Crippen LogP contribution in [0.15, 0.2) is 23.8 Å². The smallest absolute Gasteiger partial charge is 0.550 e. The molecule has 5 unspecified atom stereocenters. The van der Waals surface area contributed by atoms with E-state index in [9.17, 15) is 30.0 Å². The monoisotopic (exact) mass is 446 g/mol. The van der Waals surface area contributed by atoms with E-state index in [0.29, 0.717) is 25.7 Å². The van der Waals surface area contributed by atoms with Gasteiger partial charge >= 0.3 is 35.5 Å². The molecule has 170 valence electrons. The van der Waals surface area contributed by atoms with E-state index >= 15 is 0 Å². The number of hydrogen-bond acceptors (Lipinski definition) is 7. The Hall–Kier alpha value is -0.700. The molecule has 0 aromatic carbocycles. The number of hydrogen-bond donors (Lipinski definition) is 3. The number of carboxylic acids is 1. The van der Waals surface area contributed by atoms with Gasteiger partial charge in [0.2, 0.25) is 0 Å². The number of esters is 1. The zero-order valence-electron chi connectivity index (χ0n) is 19.1. The van der Waals surface area contributed by atoms with Crippen molar-refractivity contribution in [2.75, 3.05) is 0 Å². The average molecular weight is 447 g/mol. The van der Waals surface area contributed by atoms with Crippen LogP contribution in [-0.2, 0) is 14.3 Å². The molecular formula is C23H35NaO7. The molecule has 0 bridgehead atoms. The quantitative estimate of drug-likeness (QED) is 0.265. The average Bonchev–Trinajstić information content (AvgIpc) is 2.65. The van der Waals surface area contributed by atoms with Gasteiger partial charge < -0.3 is 30.0 Å². The summed E-state index contributed by atoms with van der Waals surface area (Å²) in [5.74, 6) is -1.60. The molecule has 0 heterocycles. The normalized spacial score (nSPS) is 30.3. The van der Waals surface area contributed by atoms with Gasteiger partial charge in [0.05, 0.1) is 24.2 Å². The van der Waals surface area contributed by atoms with E-state index in [-0.39, 0.29) is 65.6 Å². The zero-order valence-corrected chi connectivity index (χ0v) is 21.1. The second-order valence-electron chi connectivity index (χ2n) is 8.86. The standard InChI is InChI=1S/C23H36O7.Na/c1-4-13(2)23(29)30-20-11-17(25)9-15-6-5-14(3)19(22(15)20)8-7-16(24)10-18(26)12-21(27)28;/h5-6,9,13-14,16-20,22,24-26H,4,7-8,10-12H2,1-3H3,(H,27,28);/q;+1/p-1/t13?,14?,16-,17?,18-,19?,20+,22?;/m1./s1. The molecular weight excluding hydrogens is 411 g/mol. The van der Waals surface area contributed by atoms with Gasteiger partial charge in [0, 0.05) is 24.7 Å². The largest absolute Gasteiger partial charge is 1.00 e. The van der Waals surface area contributed by atoms with Crippen LogP contribution in [0.2, 0.25) is 0 Å². The Kier molecular flexibility index (Phi) is 12.0. The van der Waals surface area contributed by atoms with E-state index in [0.717, 1.165) is 5.57 Å². The molecule has 0 aromatic heterocycles. The van der Waals surface area contributed by atoms with Crippen LogP contribution in [0.25, 0.3) is 0 Å². The van der Waals surface area contributed by atoms with Crippen LogP contribution in [0.1, 0.15) is 59.3 Å². The second-order valence-corrected chi connectivity index (χ2v) is 8.86. The van der Waals surface area contributed by atoms with Crippen molar-refractivity contribution in [2.45, 2.75) is 83.7 Å². The van der Waals surface area contributed by atoms with Crippen LogP contribution in [0.5, 0.6) is 0 Å². The predicted octanol–water partition coefficient (Wildman–Crippen LogP) is -1.89. The summed E-state index contributed by atoms with van der Waals surface area (Å²) in [6.07, 6.45) is 4.31. The van der Waals surface area contributed by atoms with Gasteiger partial charge in [-0.15, -0.1) is 0 Å². The minimum atomic E-state index is -1.35. The Balaban J connectivity index is 0.00000480. The van der Waals surface area contributed by atoms with E-state index < -0.39 is 36.8 Å². The number of allylic oxidation sites excluding steroid dienone is 2. The molecule has 0 saturated carbocycles. The SMILES string of the molecule is CCC(C)C(=O)O[C@H]1CC(O)C=C2C=CC(C)C(CC[C@@H](O)C[C@@H](O)CC(=O)[O-])C21.[Na+]. The second kappa shape index (κ2) is 13.1. The van der Waals surface area contributed by atoms with Gasteiger partial charge in [-0.25, -0.2) is 0 Å². The van der Waals surface area contributed by atoms with Gasteiger partial charge in [0.1, 0.15) is 6.10 Å². The number of aliphatic carboxylic acids is 1. The maximum Gasteiger partial charge on any atom is 1.00 e. The molecule has 0 fully saturated rings. The molecule has 0 aliphatic heterocycles. The van der Waals surface area contributed by atoms with Crippen molar-refractivity contribution in [1.82, 2.24) is 0 Å². The third-order valence-electron chi connectivity index (χ3n) is 6.43. The predicted molar refractivity (Wildman–Crippen MR) is 109 cm³/mol. The number of carbonyl (C=O) groups is 2. The molecule has 2 rings (SSSR count). The Morgan fingerprint density at radius 1 is 1.29 bits per heavy atom. The number of ether oxygens (including phenoxy) is 1. The summed E-state index contributed by atoms with van der Waals surface area (Å²) in [5, 5.41) is 40.8. The molecule has 0 radical (unpaired) electrons. The van der Waals surface area contributed by atoms with Crippen LogP contribution in [0.4, 0.5) is 0 Å². The zero-order chi connectivity index (χ0) is 22.4. The molecule has 31 heavy (non-hydrogen) atoms. The van der Waals surface area contributed by atoms with E-state index in [4.69, 9.17) is 4.74 Å². The number of aliphatic hydroxyl groups excluding tert-OH is 3. The van der Waals surface area contributed by atoms with Crippen molar-refractivity contribution >= 4 is 11.9 Å². The van der Waals surface area contributed by atoms with Gasteiger partial charge in [-0.05, 0) is 43.1 Å². The van der Waals surface area contributed by atoms with E-state index in [1.54, 1.807) is 0 Å². The van der Waals surface area contributed by atoms with Crippen molar-refractivity contribution in [3.8, 4) is 0 Å². The van der Waals surface area contributed by atoms with Crippen molar-refractivity contribution in [3.63, 3.8) is 0 Å². The summed E-state index contributed by atoms with van der Waals surface area (Å²) in [6.45, 7) is 5.83. The minimum absolute atomic E-state index is 0. The third kappa shape index (κ3) is 8.30. The molecule has 7 nitrogen and oxygen atoms in total. The molecule has 0 spiro atoms. The number of fused-ring (bicyclic) bond motifs is 1. The fraction of sp³-hybridized carbons (Fsp3) is 0.739. The van der Waals surface area contributed by atoms with Crippen LogP contribution in [-0.4, -0.2) is 51.7 Å². The molecule has 0 amide bonds. The molecule has 3 N–H and O–H groups in total. The maximum atomic E-state index is 12.4.